The van der Waals surface area contributed by atoms with Crippen molar-refractivity contribution in [2.45, 2.75) is 51.9 Å². The van der Waals surface area contributed by atoms with Gasteiger partial charge in [0.2, 0.25) is 0 Å². The molecule has 0 spiro atoms. The molecule has 0 atom stereocenters. The van der Waals surface area contributed by atoms with E-state index in [0.29, 0.717) is 23.6 Å². The molecule has 21 heavy (non-hydrogen) atoms. The predicted molar refractivity (Wildman–Crippen MR) is 85.7 cm³/mol. The molecular formula is C17H27NO3. The number of carbonyl (C=O) groups excluding carboxylic acids is 1. The average Bonchev–Trinajstić information content (AvgIpc) is 2.49. The first-order valence-electron chi connectivity index (χ1n) is 7.79. The van der Waals surface area contributed by atoms with Crippen LogP contribution in [0.25, 0.3) is 0 Å². The number of esters is 1. The molecule has 0 aromatic heterocycles. The third kappa shape index (κ3) is 6.52. The minimum atomic E-state index is -0.399. The number of hydrogen-bond acceptors (Lipinski definition) is 4. The first-order valence-corrected chi connectivity index (χ1v) is 7.79. The van der Waals surface area contributed by atoms with Gasteiger partial charge in [-0.2, -0.15) is 0 Å². The number of carbonyl (C=O) groups is 1. The van der Waals surface area contributed by atoms with Crippen molar-refractivity contribution in [3.8, 4) is 5.75 Å². The second-order valence-corrected chi connectivity index (χ2v) is 5.22. The lowest BCUT2D eigenvalue weighted by molar-refractivity contribution is 0.0596. The molecule has 4 heteroatoms. The summed E-state index contributed by atoms with van der Waals surface area (Å²) < 4.78 is 10.4. The van der Waals surface area contributed by atoms with Crippen LogP contribution < -0.4 is 10.5 Å². The van der Waals surface area contributed by atoms with Gasteiger partial charge in [0.15, 0.2) is 0 Å². The molecule has 0 saturated carbocycles. The van der Waals surface area contributed by atoms with Crippen molar-refractivity contribution in [2.75, 3.05) is 19.5 Å². The molecule has 0 aliphatic heterocycles. The van der Waals surface area contributed by atoms with Crippen molar-refractivity contribution in [2.24, 2.45) is 0 Å². The number of methoxy groups -OCH3 is 1. The van der Waals surface area contributed by atoms with Crippen LogP contribution in [-0.2, 0) is 4.74 Å². The zero-order valence-electron chi connectivity index (χ0n) is 13.2. The van der Waals surface area contributed by atoms with Crippen molar-refractivity contribution in [3.05, 3.63) is 23.8 Å². The number of benzene rings is 1. The summed E-state index contributed by atoms with van der Waals surface area (Å²) in [6.45, 7) is 2.82. The van der Waals surface area contributed by atoms with Gasteiger partial charge in [-0.25, -0.2) is 4.79 Å². The van der Waals surface area contributed by atoms with Gasteiger partial charge < -0.3 is 15.2 Å². The van der Waals surface area contributed by atoms with Gasteiger partial charge in [-0.1, -0.05) is 45.4 Å². The van der Waals surface area contributed by atoms with Crippen molar-refractivity contribution in [3.63, 3.8) is 0 Å². The summed E-state index contributed by atoms with van der Waals surface area (Å²) in [6, 6.07) is 4.99. The molecule has 0 aliphatic rings. The Morgan fingerprint density at radius 3 is 2.43 bits per heavy atom. The SMILES string of the molecule is CCCCCCCCCOc1cc(N)ccc1C(=O)OC. The van der Waals surface area contributed by atoms with Crippen molar-refractivity contribution in [1.82, 2.24) is 0 Å². The Labute approximate surface area is 127 Å². The monoisotopic (exact) mass is 293 g/mol. The zero-order valence-corrected chi connectivity index (χ0v) is 13.2. The molecule has 4 nitrogen and oxygen atoms in total. The van der Waals surface area contributed by atoms with Crippen molar-refractivity contribution < 1.29 is 14.3 Å². The Balaban J connectivity index is 2.34. The maximum Gasteiger partial charge on any atom is 0.341 e. The average molecular weight is 293 g/mol. The van der Waals surface area contributed by atoms with Crippen LogP contribution in [-0.4, -0.2) is 19.7 Å². The van der Waals surface area contributed by atoms with E-state index in [9.17, 15) is 4.79 Å². The minimum absolute atomic E-state index is 0.399. The highest BCUT2D eigenvalue weighted by atomic mass is 16.5. The lowest BCUT2D eigenvalue weighted by Gasteiger charge is -2.11. The van der Waals surface area contributed by atoms with Crippen LogP contribution in [0.15, 0.2) is 18.2 Å². The number of nitrogen functional groups attached to an aromatic ring is 1. The van der Waals surface area contributed by atoms with E-state index < -0.39 is 5.97 Å². The first kappa shape index (κ1) is 17.3. The molecule has 0 unspecified atom stereocenters. The maximum atomic E-state index is 11.6. The third-order valence-electron chi connectivity index (χ3n) is 3.42. The van der Waals surface area contributed by atoms with Crippen molar-refractivity contribution >= 4 is 11.7 Å². The van der Waals surface area contributed by atoms with Crippen LogP contribution in [0.1, 0.15) is 62.2 Å². The van der Waals surface area contributed by atoms with Gasteiger partial charge in [0, 0.05) is 11.8 Å². The fourth-order valence-electron chi connectivity index (χ4n) is 2.18. The summed E-state index contributed by atoms with van der Waals surface area (Å²) >= 11 is 0. The van der Waals surface area contributed by atoms with E-state index in [-0.39, 0.29) is 0 Å². The van der Waals surface area contributed by atoms with Gasteiger partial charge in [-0.3, -0.25) is 0 Å². The fraction of sp³-hybridized carbons (Fsp3) is 0.588. The lowest BCUT2D eigenvalue weighted by atomic mass is 10.1. The van der Waals surface area contributed by atoms with E-state index in [1.807, 2.05) is 0 Å². The molecule has 0 fully saturated rings. The molecule has 1 aromatic carbocycles. The van der Waals surface area contributed by atoms with Crippen LogP contribution in [0, 0.1) is 0 Å². The fourth-order valence-corrected chi connectivity index (χ4v) is 2.18. The Hall–Kier alpha value is -1.71. The number of rotatable bonds is 10. The summed E-state index contributed by atoms with van der Waals surface area (Å²) in [4.78, 5) is 11.6. The first-order chi connectivity index (χ1) is 10.2. The van der Waals surface area contributed by atoms with Crippen LogP contribution in [0.3, 0.4) is 0 Å². The summed E-state index contributed by atoms with van der Waals surface area (Å²) in [6.07, 6.45) is 8.58. The standard InChI is InChI=1S/C17H27NO3/c1-3-4-5-6-7-8-9-12-21-16-13-14(18)10-11-15(16)17(19)20-2/h10-11,13H,3-9,12,18H2,1-2H3. The third-order valence-corrected chi connectivity index (χ3v) is 3.42. The second-order valence-electron chi connectivity index (χ2n) is 5.22. The van der Waals surface area contributed by atoms with E-state index >= 15 is 0 Å². The van der Waals surface area contributed by atoms with E-state index in [1.54, 1.807) is 18.2 Å². The summed E-state index contributed by atoms with van der Waals surface area (Å²) in [5.74, 6) is 0.109. The van der Waals surface area contributed by atoms with E-state index in [4.69, 9.17) is 15.2 Å². The summed E-state index contributed by atoms with van der Waals surface area (Å²) in [5, 5.41) is 0. The van der Waals surface area contributed by atoms with Gasteiger partial charge in [-0.05, 0) is 18.6 Å². The minimum Gasteiger partial charge on any atom is -0.493 e. The van der Waals surface area contributed by atoms with Gasteiger partial charge in [0.1, 0.15) is 11.3 Å². The van der Waals surface area contributed by atoms with Crippen LogP contribution >= 0.6 is 0 Å². The van der Waals surface area contributed by atoms with Crippen LogP contribution in [0.5, 0.6) is 5.75 Å². The highest BCUT2D eigenvalue weighted by Gasteiger charge is 2.13. The van der Waals surface area contributed by atoms with Gasteiger partial charge in [-0.15, -0.1) is 0 Å². The quantitative estimate of drug-likeness (QED) is 0.399. The second kappa shape index (κ2) is 10.1. The molecule has 1 rings (SSSR count). The van der Waals surface area contributed by atoms with Crippen molar-refractivity contribution in [1.29, 1.82) is 0 Å². The maximum absolute atomic E-state index is 11.6. The Kier molecular flexibility index (Phi) is 8.32. The predicted octanol–water partition coefficient (Wildman–Crippen LogP) is 4.18. The molecule has 0 heterocycles. The summed E-state index contributed by atoms with van der Waals surface area (Å²) in [7, 11) is 1.36. The Morgan fingerprint density at radius 1 is 1.10 bits per heavy atom. The van der Waals surface area contributed by atoms with E-state index in [0.717, 1.165) is 12.8 Å². The molecule has 2 N–H and O–H groups in total. The van der Waals surface area contributed by atoms with Gasteiger partial charge in [0.05, 0.1) is 13.7 Å². The zero-order chi connectivity index (χ0) is 15.5. The lowest BCUT2D eigenvalue weighted by Crippen LogP contribution is -2.07. The van der Waals surface area contributed by atoms with Crippen LogP contribution in [0.4, 0.5) is 5.69 Å². The molecular weight excluding hydrogens is 266 g/mol. The van der Waals surface area contributed by atoms with Gasteiger partial charge in [0.25, 0.3) is 0 Å². The molecule has 1 aromatic rings. The topological polar surface area (TPSA) is 61.5 Å². The molecule has 0 amide bonds. The molecule has 0 saturated heterocycles. The normalized spacial score (nSPS) is 10.4. The number of anilines is 1. The Morgan fingerprint density at radius 2 is 1.76 bits per heavy atom. The molecule has 0 radical (unpaired) electrons. The smallest absolute Gasteiger partial charge is 0.341 e. The van der Waals surface area contributed by atoms with E-state index in [1.165, 1.54) is 39.2 Å². The number of ether oxygens (including phenoxy) is 2. The molecule has 118 valence electrons. The number of hydrogen-bond donors (Lipinski definition) is 1. The highest BCUT2D eigenvalue weighted by molar-refractivity contribution is 5.93. The number of nitrogens with two attached hydrogens (primary N) is 1. The summed E-state index contributed by atoms with van der Waals surface area (Å²) in [5.41, 5.74) is 6.74. The Bertz CT molecular complexity index is 432. The molecule has 0 aliphatic carbocycles. The number of unbranched alkanes of at least 4 members (excludes halogenated alkanes) is 6. The highest BCUT2D eigenvalue weighted by Crippen LogP contribution is 2.23. The largest absolute Gasteiger partial charge is 0.493 e. The molecule has 0 bridgehead atoms. The van der Waals surface area contributed by atoms with E-state index in [2.05, 4.69) is 6.92 Å². The van der Waals surface area contributed by atoms with Crippen LogP contribution in [0.2, 0.25) is 0 Å². The van der Waals surface area contributed by atoms with Gasteiger partial charge >= 0.3 is 5.97 Å².